The molecule has 0 aliphatic carbocycles. The number of nitrogens with one attached hydrogen (secondary N) is 1. The molecule has 1 aromatic heterocycles. The van der Waals surface area contributed by atoms with Gasteiger partial charge < -0.3 is 4.98 Å². The Balaban J connectivity index is 2.82. The first-order valence-corrected chi connectivity index (χ1v) is 4.11. The lowest BCUT2D eigenvalue weighted by atomic mass is 10.1. The van der Waals surface area contributed by atoms with E-state index >= 15 is 0 Å². The molecule has 0 unspecified atom stereocenters. The van der Waals surface area contributed by atoms with Crippen LogP contribution in [0.25, 0.3) is 10.9 Å². The lowest BCUT2D eigenvalue weighted by Crippen LogP contribution is -2.06. The molecular weight excluding hydrogens is 205 g/mol. The number of nitrogens with zero attached hydrogens (tertiary/aromatic N) is 1. The highest BCUT2D eigenvalue weighted by Gasteiger charge is 2.33. The molecule has 0 radical (unpaired) electrons. The van der Waals surface area contributed by atoms with Gasteiger partial charge in [0.2, 0.25) is 0 Å². The number of H-pyrrole nitrogens is 1. The molecule has 0 aliphatic rings. The van der Waals surface area contributed by atoms with Crippen molar-refractivity contribution >= 4 is 10.9 Å². The van der Waals surface area contributed by atoms with Crippen LogP contribution in [0.3, 0.4) is 0 Å². The fourth-order valence-corrected chi connectivity index (χ4v) is 1.46. The molecule has 1 aromatic carbocycles. The molecule has 0 bridgehead atoms. The molecule has 2 aromatic rings. The summed E-state index contributed by atoms with van der Waals surface area (Å²) in [5.41, 5.74) is -0.780. The number of hydrogen-bond donors (Lipinski definition) is 1. The van der Waals surface area contributed by atoms with E-state index in [2.05, 4.69) is 4.98 Å². The van der Waals surface area contributed by atoms with Gasteiger partial charge in [-0.05, 0) is 18.2 Å². The molecule has 0 atom stereocenters. The molecule has 0 spiro atoms. The quantitative estimate of drug-likeness (QED) is 0.713. The van der Waals surface area contributed by atoms with Crippen molar-refractivity contribution in [3.63, 3.8) is 0 Å². The van der Waals surface area contributed by atoms with Crippen LogP contribution in [0.2, 0.25) is 0 Å². The topological polar surface area (TPSA) is 39.6 Å². The van der Waals surface area contributed by atoms with Gasteiger partial charge in [0.05, 0.1) is 22.7 Å². The van der Waals surface area contributed by atoms with Crippen molar-refractivity contribution in [2.45, 2.75) is 6.18 Å². The Labute approximate surface area is 82.9 Å². The Morgan fingerprint density at radius 3 is 2.60 bits per heavy atom. The number of aromatic amines is 1. The first kappa shape index (κ1) is 9.59. The third-order valence-corrected chi connectivity index (χ3v) is 2.09. The van der Waals surface area contributed by atoms with Crippen LogP contribution in [-0.2, 0) is 6.18 Å². The third kappa shape index (κ3) is 1.54. The number of benzene rings is 1. The van der Waals surface area contributed by atoms with Crippen molar-refractivity contribution in [1.82, 2.24) is 4.98 Å². The van der Waals surface area contributed by atoms with Gasteiger partial charge >= 0.3 is 6.18 Å². The van der Waals surface area contributed by atoms with E-state index in [0.717, 1.165) is 6.07 Å². The van der Waals surface area contributed by atoms with E-state index in [4.69, 9.17) is 5.26 Å². The van der Waals surface area contributed by atoms with Crippen LogP contribution in [0.1, 0.15) is 11.1 Å². The van der Waals surface area contributed by atoms with Crippen molar-refractivity contribution < 1.29 is 13.2 Å². The fourth-order valence-electron chi connectivity index (χ4n) is 1.46. The van der Waals surface area contributed by atoms with Gasteiger partial charge in [0.1, 0.15) is 0 Å². The number of aromatic nitrogens is 1. The highest BCUT2D eigenvalue weighted by atomic mass is 19.4. The summed E-state index contributed by atoms with van der Waals surface area (Å²) in [6, 6.07) is 5.48. The molecule has 1 N–H and O–H groups in total. The van der Waals surface area contributed by atoms with Gasteiger partial charge in [-0.2, -0.15) is 18.4 Å². The van der Waals surface area contributed by atoms with Crippen LogP contribution in [0, 0.1) is 11.3 Å². The number of halogens is 3. The molecule has 0 fully saturated rings. The summed E-state index contributed by atoms with van der Waals surface area (Å²) in [7, 11) is 0. The van der Waals surface area contributed by atoms with E-state index in [-0.39, 0.29) is 11.1 Å². The van der Waals surface area contributed by atoms with Gasteiger partial charge in [-0.1, -0.05) is 0 Å². The monoisotopic (exact) mass is 210 g/mol. The van der Waals surface area contributed by atoms with Crippen molar-refractivity contribution in [3.8, 4) is 6.07 Å². The average Bonchev–Trinajstić information content (AvgIpc) is 2.61. The van der Waals surface area contributed by atoms with Crippen molar-refractivity contribution in [2.75, 3.05) is 0 Å². The lowest BCUT2D eigenvalue weighted by Gasteiger charge is -2.08. The minimum Gasteiger partial charge on any atom is -0.361 e. The maximum atomic E-state index is 12.6. The summed E-state index contributed by atoms with van der Waals surface area (Å²) in [5.74, 6) is 0. The summed E-state index contributed by atoms with van der Waals surface area (Å²) in [5, 5.41) is 8.99. The molecule has 0 aliphatic heterocycles. The van der Waals surface area contributed by atoms with Crippen LogP contribution in [-0.4, -0.2) is 4.98 Å². The van der Waals surface area contributed by atoms with E-state index in [9.17, 15) is 13.2 Å². The summed E-state index contributed by atoms with van der Waals surface area (Å²) in [6.45, 7) is 0. The van der Waals surface area contributed by atoms with E-state index in [0.29, 0.717) is 5.39 Å². The maximum Gasteiger partial charge on any atom is 0.418 e. The van der Waals surface area contributed by atoms with Gasteiger partial charge in [-0.25, -0.2) is 0 Å². The molecule has 0 saturated heterocycles. The first-order valence-electron chi connectivity index (χ1n) is 4.11. The zero-order valence-electron chi connectivity index (χ0n) is 7.39. The predicted molar refractivity (Wildman–Crippen MR) is 48.0 cm³/mol. The van der Waals surface area contributed by atoms with Gasteiger partial charge in [-0.15, -0.1) is 0 Å². The van der Waals surface area contributed by atoms with Crippen LogP contribution in [0.15, 0.2) is 24.4 Å². The van der Waals surface area contributed by atoms with Crippen molar-refractivity contribution in [3.05, 3.63) is 35.5 Å². The Morgan fingerprint density at radius 1 is 1.27 bits per heavy atom. The zero-order valence-corrected chi connectivity index (χ0v) is 7.39. The number of nitriles is 1. The largest absolute Gasteiger partial charge is 0.418 e. The van der Waals surface area contributed by atoms with Gasteiger partial charge in [0, 0.05) is 11.6 Å². The molecular formula is C10H5F3N2. The normalized spacial score (nSPS) is 11.6. The summed E-state index contributed by atoms with van der Waals surface area (Å²) in [4.78, 5) is 2.52. The second-order valence-corrected chi connectivity index (χ2v) is 3.08. The Hall–Kier alpha value is -1.96. The predicted octanol–water partition coefficient (Wildman–Crippen LogP) is 3.06. The highest BCUT2D eigenvalue weighted by Crippen LogP contribution is 2.34. The number of rotatable bonds is 0. The number of hydrogen-bond acceptors (Lipinski definition) is 1. The summed E-state index contributed by atoms with van der Waals surface area (Å²) >= 11 is 0. The zero-order chi connectivity index (χ0) is 11.1. The lowest BCUT2D eigenvalue weighted by molar-refractivity contribution is -0.136. The molecule has 2 rings (SSSR count). The Kier molecular flexibility index (Phi) is 1.93. The van der Waals surface area contributed by atoms with Gasteiger partial charge in [0.15, 0.2) is 0 Å². The van der Waals surface area contributed by atoms with Gasteiger partial charge in [-0.3, -0.25) is 0 Å². The molecule has 15 heavy (non-hydrogen) atoms. The van der Waals surface area contributed by atoms with Crippen LogP contribution in [0.4, 0.5) is 13.2 Å². The van der Waals surface area contributed by atoms with E-state index in [1.54, 1.807) is 6.07 Å². The summed E-state index contributed by atoms with van der Waals surface area (Å²) < 4.78 is 37.7. The first-order chi connectivity index (χ1) is 7.02. The minimum absolute atomic E-state index is 0.00873. The van der Waals surface area contributed by atoms with Crippen molar-refractivity contribution in [1.29, 1.82) is 5.26 Å². The fraction of sp³-hybridized carbons (Fsp3) is 0.100. The minimum atomic E-state index is -4.45. The standard InChI is InChI=1S/C10H5F3N2/c11-10(12,13)8-4-6(5-14)3-7-1-2-15-9(7)8/h1-4,15H. The Morgan fingerprint density at radius 2 is 2.00 bits per heavy atom. The van der Waals surface area contributed by atoms with E-state index in [1.807, 2.05) is 0 Å². The van der Waals surface area contributed by atoms with Crippen molar-refractivity contribution in [2.24, 2.45) is 0 Å². The van der Waals surface area contributed by atoms with Crippen LogP contribution >= 0.6 is 0 Å². The highest BCUT2D eigenvalue weighted by molar-refractivity contribution is 5.84. The van der Waals surface area contributed by atoms with E-state index < -0.39 is 11.7 Å². The summed E-state index contributed by atoms with van der Waals surface area (Å²) in [6.07, 6.45) is -3.03. The molecule has 76 valence electrons. The van der Waals surface area contributed by atoms with Crippen LogP contribution < -0.4 is 0 Å². The number of fused-ring (bicyclic) bond motifs is 1. The third-order valence-electron chi connectivity index (χ3n) is 2.09. The SMILES string of the molecule is N#Cc1cc(C(F)(F)F)c2[nH]ccc2c1. The number of alkyl halides is 3. The molecule has 5 heteroatoms. The second-order valence-electron chi connectivity index (χ2n) is 3.08. The Bertz CT molecular complexity index is 546. The average molecular weight is 210 g/mol. The smallest absolute Gasteiger partial charge is 0.361 e. The second kappa shape index (κ2) is 3.02. The van der Waals surface area contributed by atoms with Gasteiger partial charge in [0.25, 0.3) is 0 Å². The molecule has 0 saturated carbocycles. The maximum absolute atomic E-state index is 12.6. The van der Waals surface area contributed by atoms with E-state index in [1.165, 1.54) is 18.3 Å². The molecule has 1 heterocycles. The molecule has 2 nitrogen and oxygen atoms in total. The van der Waals surface area contributed by atoms with Crippen LogP contribution in [0.5, 0.6) is 0 Å². The molecule has 0 amide bonds.